The molecule has 2 aromatic carbocycles. The smallest absolute Gasteiger partial charge is 0.266 e. The Bertz CT molecular complexity index is 1230. The second-order valence-electron chi connectivity index (χ2n) is 8.02. The van der Waals surface area contributed by atoms with Crippen LogP contribution < -0.4 is 10.9 Å². The first-order valence-corrected chi connectivity index (χ1v) is 10.9. The molecule has 0 bridgehead atoms. The van der Waals surface area contributed by atoms with Gasteiger partial charge >= 0.3 is 0 Å². The summed E-state index contributed by atoms with van der Waals surface area (Å²) >= 11 is 5.31. The second kappa shape index (κ2) is 9.11. The number of nitrogens with zero attached hydrogens (tertiary/aromatic N) is 2. The van der Waals surface area contributed by atoms with E-state index in [9.17, 15) is 14.0 Å². The third-order valence-corrected chi connectivity index (χ3v) is 5.90. The normalized spacial score (nSPS) is 15.7. The lowest BCUT2D eigenvalue weighted by atomic mass is 10.1. The van der Waals surface area contributed by atoms with E-state index < -0.39 is 11.4 Å². The number of fused-ring (bicyclic) bond motifs is 1. The monoisotopic (exact) mass is 440 g/mol. The van der Waals surface area contributed by atoms with Gasteiger partial charge in [0.15, 0.2) is 4.77 Å². The van der Waals surface area contributed by atoms with E-state index >= 15 is 0 Å². The van der Waals surface area contributed by atoms with Crippen molar-refractivity contribution >= 4 is 29.0 Å². The second-order valence-corrected chi connectivity index (χ2v) is 8.40. The Hall–Kier alpha value is -2.84. The summed E-state index contributed by atoms with van der Waals surface area (Å²) in [4.78, 5) is 31.1. The topological polar surface area (TPSA) is 70.1 Å². The highest BCUT2D eigenvalue weighted by molar-refractivity contribution is 7.71. The van der Waals surface area contributed by atoms with E-state index in [1.54, 1.807) is 30.3 Å². The molecule has 1 aromatic heterocycles. The number of rotatable bonds is 5. The van der Waals surface area contributed by atoms with Crippen LogP contribution in [0.5, 0.6) is 0 Å². The molecule has 2 N–H and O–H groups in total. The highest BCUT2D eigenvalue weighted by Crippen LogP contribution is 2.16. The zero-order valence-electron chi connectivity index (χ0n) is 17.4. The van der Waals surface area contributed by atoms with Crippen LogP contribution in [0, 0.1) is 10.6 Å². The van der Waals surface area contributed by atoms with Crippen molar-refractivity contribution in [2.24, 2.45) is 0 Å². The van der Waals surface area contributed by atoms with Crippen LogP contribution >= 0.6 is 12.2 Å². The molecule has 1 saturated heterocycles. The summed E-state index contributed by atoms with van der Waals surface area (Å²) in [5.74, 6) is -0.744. The van der Waals surface area contributed by atoms with Gasteiger partial charge in [0, 0.05) is 18.2 Å². The number of hydrogen-bond acceptors (Lipinski definition) is 4. The molecule has 1 fully saturated rings. The number of carbonyl (C=O) groups is 1. The Labute approximate surface area is 184 Å². The van der Waals surface area contributed by atoms with Crippen LogP contribution in [-0.2, 0) is 0 Å². The fourth-order valence-corrected chi connectivity index (χ4v) is 4.38. The van der Waals surface area contributed by atoms with Crippen molar-refractivity contribution in [2.75, 3.05) is 19.6 Å². The minimum absolute atomic E-state index is 0.00819. The largest absolute Gasteiger partial charge is 0.348 e. The minimum Gasteiger partial charge on any atom is -0.348 e. The Morgan fingerprint density at radius 3 is 2.68 bits per heavy atom. The summed E-state index contributed by atoms with van der Waals surface area (Å²) in [6, 6.07) is 10.8. The van der Waals surface area contributed by atoms with Crippen molar-refractivity contribution in [2.45, 2.75) is 32.2 Å². The lowest BCUT2D eigenvalue weighted by Gasteiger charge is -2.29. The number of nitrogens with one attached hydrogen (secondary N) is 2. The maximum absolute atomic E-state index is 14.2. The molecule has 3 aromatic rings. The number of aromatic nitrogens is 2. The van der Waals surface area contributed by atoms with Gasteiger partial charge in [-0.05, 0) is 75.4 Å². The molecule has 0 saturated carbocycles. The number of likely N-dealkylation sites (tertiary alicyclic amines) is 1. The number of carbonyl (C=O) groups excluding carboxylic acids is 1. The van der Waals surface area contributed by atoms with E-state index in [4.69, 9.17) is 12.2 Å². The molecule has 1 aliphatic heterocycles. The number of amides is 1. The summed E-state index contributed by atoms with van der Waals surface area (Å²) < 4.78 is 15.4. The molecule has 1 aliphatic rings. The molecular formula is C23H25FN4O2S. The van der Waals surface area contributed by atoms with E-state index in [0.29, 0.717) is 16.5 Å². The number of benzene rings is 2. The maximum Gasteiger partial charge on any atom is 0.266 e. The maximum atomic E-state index is 14.2. The number of piperidine rings is 1. The third kappa shape index (κ3) is 4.60. The predicted octanol–water partition coefficient (Wildman–Crippen LogP) is 3.79. The Morgan fingerprint density at radius 2 is 1.94 bits per heavy atom. The number of para-hydroxylation sites is 1. The number of aromatic amines is 1. The highest BCUT2D eigenvalue weighted by Gasteiger charge is 2.17. The number of hydrogen-bond donors (Lipinski definition) is 2. The first-order chi connectivity index (χ1) is 14.9. The molecule has 1 unspecified atom stereocenters. The zero-order chi connectivity index (χ0) is 22.0. The van der Waals surface area contributed by atoms with Gasteiger partial charge in [-0.1, -0.05) is 18.6 Å². The molecule has 2 heterocycles. The Balaban J connectivity index is 1.59. The van der Waals surface area contributed by atoms with Gasteiger partial charge in [0.25, 0.3) is 11.5 Å². The van der Waals surface area contributed by atoms with E-state index in [1.165, 1.54) is 31.4 Å². The van der Waals surface area contributed by atoms with Gasteiger partial charge in [0.05, 0.1) is 16.6 Å². The highest BCUT2D eigenvalue weighted by atomic mass is 32.1. The quantitative estimate of drug-likeness (QED) is 0.593. The van der Waals surface area contributed by atoms with Gasteiger partial charge in [0.2, 0.25) is 0 Å². The number of H-pyrrole nitrogens is 1. The molecule has 0 spiro atoms. The van der Waals surface area contributed by atoms with E-state index in [-0.39, 0.29) is 22.4 Å². The van der Waals surface area contributed by atoms with Crippen molar-refractivity contribution in [1.29, 1.82) is 0 Å². The zero-order valence-corrected chi connectivity index (χ0v) is 18.2. The van der Waals surface area contributed by atoms with Crippen molar-refractivity contribution in [1.82, 2.24) is 19.8 Å². The average Bonchev–Trinajstić information content (AvgIpc) is 2.75. The molecule has 31 heavy (non-hydrogen) atoms. The molecule has 4 rings (SSSR count). The molecule has 162 valence electrons. The summed E-state index contributed by atoms with van der Waals surface area (Å²) in [7, 11) is 0. The van der Waals surface area contributed by atoms with Gasteiger partial charge in [-0.15, -0.1) is 0 Å². The van der Waals surface area contributed by atoms with Crippen molar-refractivity contribution in [3.63, 3.8) is 0 Å². The Kier molecular flexibility index (Phi) is 6.29. The molecule has 1 amide bonds. The fraction of sp³-hybridized carbons (Fsp3) is 0.348. The van der Waals surface area contributed by atoms with Crippen LogP contribution in [0.2, 0.25) is 0 Å². The van der Waals surface area contributed by atoms with E-state index in [0.717, 1.165) is 24.2 Å². The minimum atomic E-state index is -0.540. The average molecular weight is 441 g/mol. The molecule has 8 heteroatoms. The SMILES string of the molecule is CC(CN1CCCCC1)NC(=O)c1ccc2c(=O)n(-c3ccccc3F)c(=S)[nH]c2c1. The van der Waals surface area contributed by atoms with Gasteiger partial charge in [-0.2, -0.15) is 0 Å². The molecule has 0 radical (unpaired) electrons. The predicted molar refractivity (Wildman–Crippen MR) is 122 cm³/mol. The van der Waals surface area contributed by atoms with Gasteiger partial charge in [-0.3, -0.25) is 9.59 Å². The third-order valence-electron chi connectivity index (χ3n) is 5.61. The first-order valence-electron chi connectivity index (χ1n) is 10.5. The van der Waals surface area contributed by atoms with Gasteiger partial charge < -0.3 is 15.2 Å². The summed E-state index contributed by atoms with van der Waals surface area (Å²) in [5.41, 5.74) is 0.531. The van der Waals surface area contributed by atoms with Gasteiger partial charge in [-0.25, -0.2) is 8.96 Å². The summed E-state index contributed by atoms with van der Waals surface area (Å²) in [5, 5.41) is 3.36. The van der Waals surface area contributed by atoms with Crippen LogP contribution in [-0.4, -0.2) is 46.0 Å². The van der Waals surface area contributed by atoms with Crippen LogP contribution in [0.4, 0.5) is 4.39 Å². The van der Waals surface area contributed by atoms with E-state index in [1.807, 2.05) is 6.92 Å². The lowest BCUT2D eigenvalue weighted by molar-refractivity contribution is 0.0926. The van der Waals surface area contributed by atoms with E-state index in [2.05, 4.69) is 15.2 Å². The van der Waals surface area contributed by atoms with Crippen LogP contribution in [0.1, 0.15) is 36.5 Å². The van der Waals surface area contributed by atoms with Crippen LogP contribution in [0.3, 0.4) is 0 Å². The van der Waals surface area contributed by atoms with Crippen LogP contribution in [0.25, 0.3) is 16.6 Å². The number of halogens is 1. The van der Waals surface area contributed by atoms with Crippen molar-refractivity contribution < 1.29 is 9.18 Å². The molecular weight excluding hydrogens is 415 g/mol. The Morgan fingerprint density at radius 1 is 1.19 bits per heavy atom. The molecule has 1 atom stereocenters. The van der Waals surface area contributed by atoms with Crippen molar-refractivity contribution in [3.05, 3.63) is 69.0 Å². The van der Waals surface area contributed by atoms with Crippen LogP contribution in [0.15, 0.2) is 47.3 Å². The molecule has 6 nitrogen and oxygen atoms in total. The fourth-order valence-electron chi connectivity index (χ4n) is 4.09. The lowest BCUT2D eigenvalue weighted by Crippen LogP contribution is -2.43. The first kappa shape index (κ1) is 21.4. The van der Waals surface area contributed by atoms with Gasteiger partial charge in [0.1, 0.15) is 5.82 Å². The van der Waals surface area contributed by atoms with Crippen molar-refractivity contribution in [3.8, 4) is 5.69 Å². The summed E-state index contributed by atoms with van der Waals surface area (Å²) in [6.07, 6.45) is 3.68. The summed E-state index contributed by atoms with van der Waals surface area (Å²) in [6.45, 7) is 4.95. The standard InChI is InChI=1S/C23H25FN4O2S/c1-15(14-27-11-5-2-6-12-27)25-21(29)16-9-10-17-19(13-16)26-23(31)28(22(17)30)20-8-4-3-7-18(20)24/h3-4,7-10,13,15H,2,5-6,11-12,14H2,1H3,(H,25,29)(H,26,31). The molecule has 0 aliphatic carbocycles.